The summed E-state index contributed by atoms with van der Waals surface area (Å²) in [7, 11) is 0. The second-order valence-corrected chi connectivity index (χ2v) is 9.56. The van der Waals surface area contributed by atoms with Gasteiger partial charge in [0.05, 0.1) is 0 Å². The molecule has 0 saturated carbocycles. The molecule has 3 amide bonds. The van der Waals surface area contributed by atoms with Gasteiger partial charge in [-0.05, 0) is 57.9 Å². The van der Waals surface area contributed by atoms with Crippen molar-refractivity contribution in [3.05, 3.63) is 71.3 Å². The fraction of sp³-hybridized carbons (Fsp3) is 0.345. The molecule has 2 unspecified atom stereocenters. The fourth-order valence-electron chi connectivity index (χ4n) is 3.48. The van der Waals surface area contributed by atoms with Gasteiger partial charge < -0.3 is 15.4 Å². The van der Waals surface area contributed by atoms with E-state index >= 15 is 0 Å². The average molecular weight is 488 g/mol. The van der Waals surface area contributed by atoms with E-state index in [1.165, 1.54) is 0 Å². The Bertz CT molecular complexity index is 1140. The van der Waals surface area contributed by atoms with Gasteiger partial charge in [-0.15, -0.1) is 6.42 Å². The lowest BCUT2D eigenvalue weighted by molar-refractivity contribution is -0.138. The lowest BCUT2D eigenvalue weighted by atomic mass is 10.00. The van der Waals surface area contributed by atoms with Crippen molar-refractivity contribution in [2.75, 3.05) is 0 Å². The minimum absolute atomic E-state index is 0.144. The molecule has 2 aromatic rings. The number of nitrogens with zero attached hydrogens (tertiary/aromatic N) is 1. The zero-order valence-corrected chi connectivity index (χ0v) is 21.4. The molecule has 0 aliphatic rings. The molecule has 0 aromatic heterocycles. The first-order valence-corrected chi connectivity index (χ1v) is 11.6. The molecule has 7 nitrogen and oxygen atoms in total. The van der Waals surface area contributed by atoms with Crippen molar-refractivity contribution in [2.45, 2.75) is 64.8 Å². The van der Waals surface area contributed by atoms with Crippen LogP contribution >= 0.6 is 0 Å². The topological polar surface area (TPSA) is 87.7 Å². The van der Waals surface area contributed by atoms with E-state index in [2.05, 4.69) is 22.6 Å². The molecule has 0 bridgehead atoms. The minimum Gasteiger partial charge on any atom is -0.444 e. The predicted octanol–water partition coefficient (Wildman–Crippen LogP) is 3.79. The Morgan fingerprint density at radius 3 is 2.08 bits per heavy atom. The first-order chi connectivity index (χ1) is 16.9. The van der Waals surface area contributed by atoms with Gasteiger partial charge in [0.1, 0.15) is 17.7 Å². The predicted molar refractivity (Wildman–Crippen MR) is 139 cm³/mol. The summed E-state index contributed by atoms with van der Waals surface area (Å²) in [5.74, 6) is 1.44. The highest BCUT2D eigenvalue weighted by Gasteiger charge is 2.36. The number of amides is 3. The summed E-state index contributed by atoms with van der Waals surface area (Å²) in [5, 5.41) is 5.45. The van der Waals surface area contributed by atoms with Crippen LogP contribution < -0.4 is 10.6 Å². The van der Waals surface area contributed by atoms with Crippen LogP contribution in [0.1, 0.15) is 57.4 Å². The molecule has 0 spiro atoms. The molecule has 2 rings (SSSR count). The van der Waals surface area contributed by atoms with Gasteiger partial charge >= 0.3 is 6.09 Å². The second-order valence-electron chi connectivity index (χ2n) is 9.56. The van der Waals surface area contributed by atoms with E-state index in [-0.39, 0.29) is 12.5 Å². The van der Waals surface area contributed by atoms with E-state index in [4.69, 9.17) is 17.6 Å². The molecule has 0 saturated heterocycles. The number of nitrogens with one attached hydrogen (secondary N) is 2. The van der Waals surface area contributed by atoms with E-state index in [0.29, 0.717) is 11.1 Å². The van der Waals surface area contributed by atoms with Gasteiger partial charge in [-0.2, -0.15) is 0 Å². The van der Waals surface area contributed by atoms with Gasteiger partial charge in [0.15, 0.2) is 0 Å². The van der Waals surface area contributed by atoms with Crippen molar-refractivity contribution in [1.29, 1.82) is 0 Å². The molecule has 7 heteroatoms. The summed E-state index contributed by atoms with van der Waals surface area (Å²) in [6.07, 6.45) is 10.6. The van der Waals surface area contributed by atoms with Crippen LogP contribution in [0.4, 0.5) is 4.79 Å². The smallest absolute Gasteiger partial charge is 0.408 e. The lowest BCUT2D eigenvalue weighted by Crippen LogP contribution is -2.52. The first kappa shape index (κ1) is 28.0. The molecule has 2 atom stereocenters. The van der Waals surface area contributed by atoms with Crippen molar-refractivity contribution in [1.82, 2.24) is 15.5 Å². The average Bonchev–Trinajstić information content (AvgIpc) is 2.80. The van der Waals surface area contributed by atoms with Crippen molar-refractivity contribution < 1.29 is 19.1 Å². The fourth-order valence-corrected chi connectivity index (χ4v) is 3.48. The third-order valence-corrected chi connectivity index (χ3v) is 4.98. The maximum Gasteiger partial charge on any atom is 0.408 e. The summed E-state index contributed by atoms with van der Waals surface area (Å²) < 4.78 is 5.37. The van der Waals surface area contributed by atoms with E-state index in [0.717, 1.165) is 10.5 Å². The highest BCUT2D eigenvalue weighted by atomic mass is 16.6. The van der Waals surface area contributed by atoms with Crippen LogP contribution in [0.5, 0.6) is 0 Å². The number of benzene rings is 2. The number of rotatable bonds is 8. The zero-order valence-electron chi connectivity index (χ0n) is 21.4. The molecule has 2 aromatic carbocycles. The SMILES string of the molecule is C#Cc1ccc(C(C(=O)NC(C)C)N(C#C)C(=O)C(Cc2ccccc2)NC(=O)OC(C)(C)C)cc1. The first-order valence-electron chi connectivity index (χ1n) is 11.6. The summed E-state index contributed by atoms with van der Waals surface area (Å²) >= 11 is 0. The third-order valence-electron chi connectivity index (χ3n) is 4.98. The molecule has 0 aliphatic heterocycles. The number of ether oxygens (including phenoxy) is 1. The molecule has 0 radical (unpaired) electrons. The number of terminal acetylenes is 2. The van der Waals surface area contributed by atoms with Crippen molar-refractivity contribution in [3.63, 3.8) is 0 Å². The van der Waals surface area contributed by atoms with Gasteiger partial charge in [-0.1, -0.05) is 54.8 Å². The monoisotopic (exact) mass is 487 g/mol. The highest BCUT2D eigenvalue weighted by molar-refractivity contribution is 5.93. The summed E-state index contributed by atoms with van der Waals surface area (Å²) in [5.41, 5.74) is 1.13. The van der Waals surface area contributed by atoms with E-state index in [1.807, 2.05) is 30.3 Å². The molecule has 188 valence electrons. The van der Waals surface area contributed by atoms with Crippen molar-refractivity contribution in [2.24, 2.45) is 0 Å². The number of hydrogen-bond donors (Lipinski definition) is 2. The van der Waals surface area contributed by atoms with Crippen LogP contribution in [0.3, 0.4) is 0 Å². The molecule has 0 fully saturated rings. The van der Waals surface area contributed by atoms with Gasteiger partial charge in [-0.25, -0.2) is 4.79 Å². The Morgan fingerprint density at radius 1 is 0.972 bits per heavy atom. The van der Waals surface area contributed by atoms with Crippen LogP contribution in [-0.4, -0.2) is 40.5 Å². The van der Waals surface area contributed by atoms with E-state index in [1.54, 1.807) is 58.9 Å². The van der Waals surface area contributed by atoms with E-state index in [9.17, 15) is 14.4 Å². The molecular formula is C29H33N3O4. The lowest BCUT2D eigenvalue weighted by Gasteiger charge is -2.31. The Balaban J connectivity index is 2.48. The van der Waals surface area contributed by atoms with Gasteiger partial charge in [0.2, 0.25) is 5.91 Å². The molecule has 2 N–H and O–H groups in total. The molecule has 0 aliphatic carbocycles. The zero-order chi connectivity index (χ0) is 26.9. The summed E-state index contributed by atoms with van der Waals surface area (Å²) in [4.78, 5) is 40.7. The van der Waals surface area contributed by atoms with Gasteiger partial charge in [0, 0.05) is 24.1 Å². The Hall–Kier alpha value is -4.23. The van der Waals surface area contributed by atoms with Crippen LogP contribution in [0.25, 0.3) is 0 Å². The van der Waals surface area contributed by atoms with Crippen LogP contribution in [-0.2, 0) is 20.7 Å². The number of carbonyl (C=O) groups is 3. The van der Waals surface area contributed by atoms with Gasteiger partial charge in [-0.3, -0.25) is 14.5 Å². The van der Waals surface area contributed by atoms with Crippen molar-refractivity contribution >= 4 is 17.9 Å². The largest absolute Gasteiger partial charge is 0.444 e. The van der Waals surface area contributed by atoms with E-state index < -0.39 is 35.6 Å². The minimum atomic E-state index is -1.14. The number of hydrogen-bond acceptors (Lipinski definition) is 4. The Morgan fingerprint density at radius 2 is 1.58 bits per heavy atom. The van der Waals surface area contributed by atoms with Crippen LogP contribution in [0.2, 0.25) is 0 Å². The van der Waals surface area contributed by atoms with Crippen LogP contribution in [0.15, 0.2) is 54.6 Å². The third kappa shape index (κ3) is 8.21. The van der Waals surface area contributed by atoms with Crippen LogP contribution in [0, 0.1) is 24.8 Å². The number of alkyl carbamates (subject to hydrolysis) is 1. The summed E-state index contributed by atoms with van der Waals surface area (Å²) in [6, 6.07) is 15.8. The number of carbonyl (C=O) groups excluding carboxylic acids is 3. The van der Waals surface area contributed by atoms with Gasteiger partial charge in [0.25, 0.3) is 5.91 Å². The maximum absolute atomic E-state index is 13.8. The second kappa shape index (κ2) is 12.5. The standard InChI is InChI=1S/C29H33N3O4/c1-8-21-15-17-23(18-16-21)25(26(33)30-20(3)4)32(9-2)27(34)24(19-22-13-11-10-12-14-22)31-28(35)36-29(5,6)7/h1-2,10-18,20,24-25H,19H2,3-7H3,(H,30,33)(H,31,35). The normalized spacial score (nSPS) is 12.4. The maximum atomic E-state index is 13.8. The summed E-state index contributed by atoms with van der Waals surface area (Å²) in [6.45, 7) is 8.78. The van der Waals surface area contributed by atoms with Crippen molar-refractivity contribution in [3.8, 4) is 24.8 Å². The molecular weight excluding hydrogens is 454 g/mol. The highest BCUT2D eigenvalue weighted by Crippen LogP contribution is 2.23. The Kier molecular flexibility index (Phi) is 9.70. The quantitative estimate of drug-likeness (QED) is 0.438. The molecule has 0 heterocycles. The Labute approximate surface area is 213 Å². The molecule has 36 heavy (non-hydrogen) atoms.